The van der Waals surface area contributed by atoms with E-state index in [2.05, 4.69) is 15.5 Å². The van der Waals surface area contributed by atoms with Gasteiger partial charge in [0.25, 0.3) is 5.91 Å². The molecule has 9 heteroatoms. The Morgan fingerprint density at radius 2 is 1.97 bits per heavy atom. The summed E-state index contributed by atoms with van der Waals surface area (Å²) < 4.78 is 7.15. The van der Waals surface area contributed by atoms with E-state index in [0.29, 0.717) is 29.5 Å². The second-order valence-electron chi connectivity index (χ2n) is 8.18. The summed E-state index contributed by atoms with van der Waals surface area (Å²) in [4.78, 5) is 27.6. The van der Waals surface area contributed by atoms with Gasteiger partial charge in [-0.2, -0.15) is 0 Å². The minimum atomic E-state index is -0.125. The maximum absolute atomic E-state index is 13.2. The molecule has 0 radical (unpaired) electrons. The number of thioether (sulfide) groups is 1. The van der Waals surface area contributed by atoms with Gasteiger partial charge in [-0.05, 0) is 63.1 Å². The number of carbonyl (C=O) groups is 2. The van der Waals surface area contributed by atoms with Crippen LogP contribution in [0.5, 0.6) is 5.75 Å². The summed E-state index contributed by atoms with van der Waals surface area (Å²) in [5.41, 5.74) is 2.46. The van der Waals surface area contributed by atoms with Crippen LogP contribution in [-0.4, -0.2) is 50.9 Å². The molecular weight excluding hydrogens is 450 g/mol. The van der Waals surface area contributed by atoms with Crippen LogP contribution < -0.4 is 10.1 Å². The number of amides is 2. The van der Waals surface area contributed by atoms with Crippen molar-refractivity contribution in [2.24, 2.45) is 0 Å². The predicted octanol–water partition coefficient (Wildman–Crippen LogP) is 4.32. The minimum Gasteiger partial charge on any atom is -0.497 e. The smallest absolute Gasteiger partial charge is 0.254 e. The van der Waals surface area contributed by atoms with Crippen molar-refractivity contribution in [1.29, 1.82) is 0 Å². The fraction of sp³-hybridized carbons (Fsp3) is 0.360. The van der Waals surface area contributed by atoms with E-state index in [4.69, 9.17) is 4.74 Å². The van der Waals surface area contributed by atoms with Crippen molar-refractivity contribution >= 4 is 29.3 Å². The second kappa shape index (κ2) is 10.7. The molecule has 4 rings (SSSR count). The molecule has 1 aliphatic rings. The van der Waals surface area contributed by atoms with Gasteiger partial charge in [-0.3, -0.25) is 9.59 Å². The first kappa shape index (κ1) is 23.8. The number of hydrogen-bond donors (Lipinski definition) is 1. The maximum Gasteiger partial charge on any atom is 0.254 e. The number of anilines is 1. The Kier molecular flexibility index (Phi) is 7.52. The Balaban J connectivity index is 1.44. The number of rotatable bonds is 8. The molecule has 8 nitrogen and oxygen atoms in total. The Morgan fingerprint density at radius 1 is 1.18 bits per heavy atom. The number of methoxy groups -OCH3 is 1. The number of hydrogen-bond acceptors (Lipinski definition) is 6. The van der Waals surface area contributed by atoms with Crippen molar-refractivity contribution in [1.82, 2.24) is 19.7 Å². The molecule has 1 unspecified atom stereocenters. The molecular formula is C25H29N5O3S. The van der Waals surface area contributed by atoms with Gasteiger partial charge in [0.2, 0.25) is 5.91 Å². The Bertz CT molecular complexity index is 1160. The molecule has 178 valence electrons. The summed E-state index contributed by atoms with van der Waals surface area (Å²) in [6.45, 7) is 5.37. The summed E-state index contributed by atoms with van der Waals surface area (Å²) in [7, 11) is 1.60. The first-order valence-electron chi connectivity index (χ1n) is 11.4. The van der Waals surface area contributed by atoms with Crippen molar-refractivity contribution in [2.75, 3.05) is 24.7 Å². The number of nitrogens with zero attached hydrogens (tertiary/aromatic N) is 4. The van der Waals surface area contributed by atoms with Gasteiger partial charge in [-0.15, -0.1) is 10.2 Å². The van der Waals surface area contributed by atoms with E-state index in [1.165, 1.54) is 11.8 Å². The lowest BCUT2D eigenvalue weighted by Crippen LogP contribution is -2.32. The third-order valence-electron chi connectivity index (χ3n) is 5.84. The van der Waals surface area contributed by atoms with Crippen molar-refractivity contribution in [2.45, 2.75) is 44.4 Å². The van der Waals surface area contributed by atoms with Gasteiger partial charge in [0, 0.05) is 24.3 Å². The van der Waals surface area contributed by atoms with Crippen molar-refractivity contribution in [3.63, 3.8) is 0 Å². The monoisotopic (exact) mass is 479 g/mol. The number of nitrogens with one attached hydrogen (secondary N) is 1. The number of aromatic nitrogens is 3. The van der Waals surface area contributed by atoms with Crippen LogP contribution in [0.2, 0.25) is 0 Å². The van der Waals surface area contributed by atoms with E-state index in [0.717, 1.165) is 30.0 Å². The highest BCUT2D eigenvalue weighted by Gasteiger charge is 2.34. The second-order valence-corrected chi connectivity index (χ2v) is 9.12. The highest BCUT2D eigenvalue weighted by molar-refractivity contribution is 7.99. The lowest BCUT2D eigenvalue weighted by molar-refractivity contribution is -0.113. The molecule has 1 atom stereocenters. The van der Waals surface area contributed by atoms with Gasteiger partial charge >= 0.3 is 0 Å². The van der Waals surface area contributed by atoms with Crippen LogP contribution in [0.15, 0.2) is 53.7 Å². The zero-order valence-electron chi connectivity index (χ0n) is 19.7. The van der Waals surface area contributed by atoms with Crippen LogP contribution in [0.3, 0.4) is 0 Å². The zero-order chi connectivity index (χ0) is 24.1. The van der Waals surface area contributed by atoms with Gasteiger partial charge in [0.1, 0.15) is 5.75 Å². The lowest BCUT2D eigenvalue weighted by Gasteiger charge is -2.24. The zero-order valence-corrected chi connectivity index (χ0v) is 20.5. The van der Waals surface area contributed by atoms with Gasteiger partial charge in [-0.1, -0.05) is 29.5 Å². The third-order valence-corrected chi connectivity index (χ3v) is 6.81. The molecule has 1 N–H and O–H groups in total. The molecule has 0 saturated carbocycles. The van der Waals surface area contributed by atoms with Gasteiger partial charge in [-0.25, -0.2) is 0 Å². The molecule has 1 saturated heterocycles. The molecule has 2 amide bonds. The minimum absolute atomic E-state index is 0.0184. The normalized spacial score (nSPS) is 15.4. The average Bonchev–Trinajstić information content (AvgIpc) is 3.49. The van der Waals surface area contributed by atoms with Crippen LogP contribution in [0.25, 0.3) is 0 Å². The summed E-state index contributed by atoms with van der Waals surface area (Å²) in [6, 6.07) is 14.8. The molecule has 34 heavy (non-hydrogen) atoms. The molecule has 2 heterocycles. The highest BCUT2D eigenvalue weighted by Crippen LogP contribution is 2.34. The van der Waals surface area contributed by atoms with Crippen molar-refractivity contribution in [3.8, 4) is 5.75 Å². The molecule has 1 aliphatic heterocycles. The number of likely N-dealkylation sites (tertiary alicyclic amines) is 1. The quantitative estimate of drug-likeness (QED) is 0.484. The summed E-state index contributed by atoms with van der Waals surface area (Å²) in [5, 5.41) is 12.4. The van der Waals surface area contributed by atoms with Crippen LogP contribution in [-0.2, 0) is 11.3 Å². The number of ether oxygens (including phenoxy) is 1. The van der Waals surface area contributed by atoms with Crippen LogP contribution in [0.4, 0.5) is 5.69 Å². The molecule has 2 aromatic carbocycles. The summed E-state index contributed by atoms with van der Waals surface area (Å²) in [6.07, 6.45) is 1.77. The van der Waals surface area contributed by atoms with Crippen LogP contribution in [0.1, 0.15) is 47.6 Å². The fourth-order valence-electron chi connectivity index (χ4n) is 4.17. The fourth-order valence-corrected chi connectivity index (χ4v) is 4.98. The molecule has 3 aromatic rings. The lowest BCUT2D eigenvalue weighted by atomic mass is 10.1. The highest BCUT2D eigenvalue weighted by atomic mass is 32.2. The average molecular weight is 480 g/mol. The van der Waals surface area contributed by atoms with E-state index >= 15 is 0 Å². The standard InChI is InChI=1S/C25H29N5O3S/c1-4-29-23(21-9-6-14-30(21)24(32)18-8-5-7-17(2)15-18)27-28-25(29)34-16-22(31)26-19-10-12-20(33-3)13-11-19/h5,7-8,10-13,15,21H,4,6,9,14,16H2,1-3H3,(H,26,31). The predicted molar refractivity (Wildman–Crippen MR) is 132 cm³/mol. The Labute approximate surface area is 203 Å². The number of carbonyl (C=O) groups excluding carboxylic acids is 2. The van der Waals surface area contributed by atoms with Crippen LogP contribution >= 0.6 is 11.8 Å². The molecule has 1 aromatic heterocycles. The molecule has 1 fully saturated rings. The van der Waals surface area contributed by atoms with Crippen LogP contribution in [0, 0.1) is 6.92 Å². The number of benzene rings is 2. The van der Waals surface area contributed by atoms with Crippen molar-refractivity contribution < 1.29 is 14.3 Å². The van der Waals surface area contributed by atoms with Gasteiger partial charge in [0.05, 0.1) is 18.9 Å². The van der Waals surface area contributed by atoms with E-state index in [1.54, 1.807) is 31.4 Å². The topological polar surface area (TPSA) is 89.3 Å². The summed E-state index contributed by atoms with van der Waals surface area (Å²) in [5.74, 6) is 1.61. The van der Waals surface area contributed by atoms with E-state index in [-0.39, 0.29) is 23.6 Å². The largest absolute Gasteiger partial charge is 0.497 e. The summed E-state index contributed by atoms with van der Waals surface area (Å²) >= 11 is 1.34. The maximum atomic E-state index is 13.2. The molecule has 0 aliphatic carbocycles. The van der Waals surface area contributed by atoms with Gasteiger partial charge in [0.15, 0.2) is 11.0 Å². The van der Waals surface area contributed by atoms with E-state index in [9.17, 15) is 9.59 Å². The molecule has 0 spiro atoms. The third kappa shape index (κ3) is 5.25. The number of aryl methyl sites for hydroxylation is 1. The SMILES string of the molecule is CCn1c(SCC(=O)Nc2ccc(OC)cc2)nnc1C1CCCN1C(=O)c1cccc(C)c1. The molecule has 0 bridgehead atoms. The van der Waals surface area contributed by atoms with E-state index in [1.807, 2.05) is 47.6 Å². The van der Waals surface area contributed by atoms with Crippen molar-refractivity contribution in [3.05, 3.63) is 65.5 Å². The Morgan fingerprint density at radius 3 is 2.68 bits per heavy atom. The van der Waals surface area contributed by atoms with E-state index < -0.39 is 0 Å². The first-order valence-corrected chi connectivity index (χ1v) is 12.4. The Hall–Kier alpha value is -3.33. The van der Waals surface area contributed by atoms with Gasteiger partial charge < -0.3 is 19.5 Å². The first-order chi connectivity index (χ1) is 16.5.